The van der Waals surface area contributed by atoms with Gasteiger partial charge in [-0.25, -0.2) is 9.59 Å². The van der Waals surface area contributed by atoms with E-state index < -0.39 is 11.9 Å². The van der Waals surface area contributed by atoms with Crippen molar-refractivity contribution < 1.29 is 19.1 Å². The summed E-state index contributed by atoms with van der Waals surface area (Å²) in [7, 11) is 0. The molecule has 0 N–H and O–H groups in total. The van der Waals surface area contributed by atoms with Crippen LogP contribution < -0.4 is 0 Å². The maximum Gasteiger partial charge on any atom is 0.345 e. The summed E-state index contributed by atoms with van der Waals surface area (Å²) in [4.78, 5) is 24.0. The van der Waals surface area contributed by atoms with Gasteiger partial charge in [0, 0.05) is 0 Å². The maximum atomic E-state index is 12.0. The quantitative estimate of drug-likeness (QED) is 0.0745. The number of rotatable bonds is 19. The lowest BCUT2D eigenvalue weighted by atomic mass is 9.99. The summed E-state index contributed by atoms with van der Waals surface area (Å²) in [5.41, 5.74) is 0.0379. The lowest BCUT2D eigenvalue weighted by Crippen LogP contribution is -2.19. The summed E-state index contributed by atoms with van der Waals surface area (Å²) in [6.07, 6.45) is 20.1. The third-order valence-corrected chi connectivity index (χ3v) is 5.20. The van der Waals surface area contributed by atoms with Crippen molar-refractivity contribution in [3.05, 3.63) is 11.6 Å². The van der Waals surface area contributed by atoms with E-state index in [1.807, 2.05) is 6.92 Å². The van der Waals surface area contributed by atoms with Crippen LogP contribution in [0.15, 0.2) is 11.6 Å². The highest BCUT2D eigenvalue weighted by Gasteiger charge is 2.21. The molecule has 170 valence electrons. The molecule has 0 heterocycles. The molecule has 0 fully saturated rings. The molecular weight excluding hydrogens is 364 g/mol. The van der Waals surface area contributed by atoms with Gasteiger partial charge in [0.15, 0.2) is 0 Å². The van der Waals surface area contributed by atoms with Crippen LogP contribution in [0, 0.1) is 5.92 Å². The zero-order valence-corrected chi connectivity index (χ0v) is 19.6. The Bertz CT molecular complexity index is 422. The SMILES string of the molecule is CCCCCCCCCCCCCCCC(C)C=C(C(=O)OCC)C(=O)OCC. The number of carbonyl (C=O) groups is 2. The third-order valence-electron chi connectivity index (χ3n) is 5.20. The van der Waals surface area contributed by atoms with Crippen LogP contribution in [0.2, 0.25) is 0 Å². The Hall–Kier alpha value is -1.32. The van der Waals surface area contributed by atoms with Crippen molar-refractivity contribution >= 4 is 11.9 Å². The first-order valence-corrected chi connectivity index (χ1v) is 12.1. The summed E-state index contributed by atoms with van der Waals surface area (Å²) in [6, 6.07) is 0. The minimum Gasteiger partial charge on any atom is -0.462 e. The second-order valence-corrected chi connectivity index (χ2v) is 8.03. The van der Waals surface area contributed by atoms with Gasteiger partial charge in [-0.2, -0.15) is 0 Å². The first kappa shape index (κ1) is 27.7. The first-order chi connectivity index (χ1) is 14.1. The minimum absolute atomic E-state index is 0.0379. The van der Waals surface area contributed by atoms with Gasteiger partial charge < -0.3 is 9.47 Å². The third kappa shape index (κ3) is 16.2. The second kappa shape index (κ2) is 20.0. The number of allylic oxidation sites excluding steroid dienone is 1. The Morgan fingerprint density at radius 3 is 1.41 bits per heavy atom. The monoisotopic (exact) mass is 410 g/mol. The fourth-order valence-corrected chi connectivity index (χ4v) is 3.49. The lowest BCUT2D eigenvalue weighted by molar-refractivity contribution is -0.146. The van der Waals surface area contributed by atoms with Gasteiger partial charge in [-0.05, 0) is 26.2 Å². The van der Waals surface area contributed by atoms with Crippen molar-refractivity contribution in [1.29, 1.82) is 0 Å². The fraction of sp³-hybridized carbons (Fsp3) is 0.840. The first-order valence-electron chi connectivity index (χ1n) is 12.1. The van der Waals surface area contributed by atoms with Gasteiger partial charge in [0.05, 0.1) is 13.2 Å². The van der Waals surface area contributed by atoms with E-state index in [0.29, 0.717) is 0 Å². The Kier molecular flexibility index (Phi) is 19.1. The molecule has 29 heavy (non-hydrogen) atoms. The van der Waals surface area contributed by atoms with Gasteiger partial charge in [0.1, 0.15) is 5.57 Å². The normalized spacial score (nSPS) is 11.7. The van der Waals surface area contributed by atoms with Gasteiger partial charge in [-0.3, -0.25) is 0 Å². The number of hydrogen-bond donors (Lipinski definition) is 0. The molecule has 0 aromatic carbocycles. The molecule has 0 rings (SSSR count). The average Bonchev–Trinajstić information content (AvgIpc) is 2.70. The molecule has 0 saturated heterocycles. The smallest absolute Gasteiger partial charge is 0.345 e. The Morgan fingerprint density at radius 1 is 0.655 bits per heavy atom. The predicted molar refractivity (Wildman–Crippen MR) is 121 cm³/mol. The molecule has 4 nitrogen and oxygen atoms in total. The number of ether oxygens (including phenoxy) is 2. The Balaban J connectivity index is 3.87. The van der Waals surface area contributed by atoms with Gasteiger partial charge in [0.25, 0.3) is 0 Å². The van der Waals surface area contributed by atoms with Crippen LogP contribution in [0.5, 0.6) is 0 Å². The lowest BCUT2D eigenvalue weighted by Gasteiger charge is -2.10. The van der Waals surface area contributed by atoms with Crippen molar-refractivity contribution in [2.45, 2.75) is 118 Å². The highest BCUT2D eigenvalue weighted by Crippen LogP contribution is 2.17. The molecular formula is C25H46O4. The van der Waals surface area contributed by atoms with Crippen molar-refractivity contribution in [1.82, 2.24) is 0 Å². The van der Waals surface area contributed by atoms with Crippen molar-refractivity contribution in [3.8, 4) is 0 Å². The zero-order valence-electron chi connectivity index (χ0n) is 19.6. The molecule has 0 spiro atoms. The molecule has 0 radical (unpaired) electrons. The number of hydrogen-bond acceptors (Lipinski definition) is 4. The second-order valence-electron chi connectivity index (χ2n) is 8.03. The van der Waals surface area contributed by atoms with Crippen LogP contribution in [0.4, 0.5) is 0 Å². The summed E-state index contributed by atoms with van der Waals surface area (Å²) in [6.45, 7) is 8.28. The average molecular weight is 411 g/mol. The summed E-state index contributed by atoms with van der Waals surface area (Å²) in [5.74, 6) is -1.00. The van der Waals surface area contributed by atoms with E-state index >= 15 is 0 Å². The molecule has 0 aliphatic carbocycles. The van der Waals surface area contributed by atoms with E-state index in [2.05, 4.69) is 6.92 Å². The molecule has 1 unspecified atom stereocenters. The van der Waals surface area contributed by atoms with Gasteiger partial charge in [-0.15, -0.1) is 0 Å². The molecule has 0 amide bonds. The highest BCUT2D eigenvalue weighted by molar-refractivity contribution is 6.14. The van der Waals surface area contributed by atoms with Crippen LogP contribution in [0.3, 0.4) is 0 Å². The van der Waals surface area contributed by atoms with Crippen LogP contribution in [-0.2, 0) is 19.1 Å². The molecule has 0 saturated carbocycles. The molecule has 0 aromatic rings. The standard InChI is InChI=1S/C25H46O4/c1-5-8-9-10-11-12-13-14-15-16-17-18-19-20-22(4)21-23(24(26)28-6-2)25(27)29-7-3/h21-22H,5-20H2,1-4H3. The minimum atomic E-state index is -0.580. The molecule has 0 aliphatic rings. The topological polar surface area (TPSA) is 52.6 Å². The zero-order chi connectivity index (χ0) is 21.7. The molecule has 0 aliphatic heterocycles. The summed E-state index contributed by atoms with van der Waals surface area (Å²) < 4.78 is 9.97. The summed E-state index contributed by atoms with van der Waals surface area (Å²) in [5, 5.41) is 0. The predicted octanol–water partition coefficient (Wildman–Crippen LogP) is 7.16. The van der Waals surface area contributed by atoms with Crippen molar-refractivity contribution in [2.24, 2.45) is 5.92 Å². The Labute approximate surface area is 179 Å². The van der Waals surface area contributed by atoms with Gasteiger partial charge in [-0.1, -0.05) is 103 Å². The van der Waals surface area contributed by atoms with Gasteiger partial charge >= 0.3 is 11.9 Å². The molecule has 1 atom stereocenters. The number of esters is 2. The molecule has 0 aromatic heterocycles. The van der Waals surface area contributed by atoms with Crippen LogP contribution >= 0.6 is 0 Å². The van der Waals surface area contributed by atoms with E-state index in [4.69, 9.17) is 9.47 Å². The summed E-state index contributed by atoms with van der Waals surface area (Å²) >= 11 is 0. The fourth-order valence-electron chi connectivity index (χ4n) is 3.49. The maximum absolute atomic E-state index is 12.0. The highest BCUT2D eigenvalue weighted by atomic mass is 16.6. The Morgan fingerprint density at radius 2 is 1.03 bits per heavy atom. The number of unbranched alkanes of at least 4 members (excludes halogenated alkanes) is 12. The number of carbonyl (C=O) groups excluding carboxylic acids is 2. The van der Waals surface area contributed by atoms with Gasteiger partial charge in [0.2, 0.25) is 0 Å². The van der Waals surface area contributed by atoms with E-state index in [-0.39, 0.29) is 24.7 Å². The largest absolute Gasteiger partial charge is 0.462 e. The van der Waals surface area contributed by atoms with E-state index in [9.17, 15) is 9.59 Å². The van der Waals surface area contributed by atoms with Crippen LogP contribution in [0.1, 0.15) is 118 Å². The van der Waals surface area contributed by atoms with E-state index in [1.54, 1.807) is 19.9 Å². The van der Waals surface area contributed by atoms with Crippen molar-refractivity contribution in [3.63, 3.8) is 0 Å². The van der Waals surface area contributed by atoms with Crippen LogP contribution in [0.25, 0.3) is 0 Å². The van der Waals surface area contributed by atoms with E-state index in [1.165, 1.54) is 77.0 Å². The van der Waals surface area contributed by atoms with E-state index in [0.717, 1.165) is 12.8 Å². The van der Waals surface area contributed by atoms with Crippen molar-refractivity contribution in [2.75, 3.05) is 13.2 Å². The molecule has 0 bridgehead atoms. The van der Waals surface area contributed by atoms with Crippen LogP contribution in [-0.4, -0.2) is 25.2 Å². The molecule has 4 heteroatoms.